The molecule has 0 atom stereocenters. The molecule has 0 amide bonds. The van der Waals surface area contributed by atoms with Crippen molar-refractivity contribution in [3.05, 3.63) is 88.2 Å². The van der Waals surface area contributed by atoms with Gasteiger partial charge < -0.3 is 4.40 Å². The van der Waals surface area contributed by atoms with Crippen molar-refractivity contribution in [2.45, 2.75) is 92.9 Å². The summed E-state index contributed by atoms with van der Waals surface area (Å²) in [5, 5.41) is 5.23. The van der Waals surface area contributed by atoms with Crippen LogP contribution in [-0.4, -0.2) is 9.38 Å². The van der Waals surface area contributed by atoms with E-state index in [0.29, 0.717) is 23.7 Å². The van der Waals surface area contributed by atoms with Crippen LogP contribution < -0.4 is 4.57 Å². The predicted molar refractivity (Wildman–Crippen MR) is 189 cm³/mol. The van der Waals surface area contributed by atoms with Crippen molar-refractivity contribution >= 4 is 49.1 Å². The van der Waals surface area contributed by atoms with Gasteiger partial charge in [-0.25, -0.2) is 4.57 Å². The zero-order valence-electron chi connectivity index (χ0n) is 28.3. The second kappa shape index (κ2) is 10.0. The first kappa shape index (κ1) is 28.8. The summed E-state index contributed by atoms with van der Waals surface area (Å²) in [4.78, 5) is 5.11. The third-order valence-electron chi connectivity index (χ3n) is 10.2. The number of hydrogen-bond donors (Lipinski definition) is 0. The lowest BCUT2D eigenvalue weighted by Crippen LogP contribution is -2.30. The SMILES string of the molecule is Cc1cc2c3ccc(C(C)C)cc3n3c4cc(-c5c(C(C)C)cc(C(C)C)cc5C(C)C)cc5nc[n+](C)c(c(c1C)c23)c54. The lowest BCUT2D eigenvalue weighted by molar-refractivity contribution is -0.646. The largest absolute Gasteiger partial charge is 0.307 e. The zero-order chi connectivity index (χ0) is 31.4. The van der Waals surface area contributed by atoms with Crippen LogP contribution in [-0.2, 0) is 7.05 Å². The molecule has 7 aromatic rings. The Kier molecular flexibility index (Phi) is 6.55. The van der Waals surface area contributed by atoms with E-state index in [0.717, 1.165) is 5.52 Å². The summed E-state index contributed by atoms with van der Waals surface area (Å²) in [6.45, 7) is 23.1. The van der Waals surface area contributed by atoms with Gasteiger partial charge in [0, 0.05) is 10.8 Å². The molecule has 0 bridgehead atoms. The van der Waals surface area contributed by atoms with Gasteiger partial charge in [0.25, 0.3) is 6.33 Å². The number of aromatic nitrogens is 3. The molecule has 0 radical (unpaired) electrons. The average Bonchev–Trinajstić information content (AvgIpc) is 3.30. The normalized spacial score (nSPS) is 12.8. The highest BCUT2D eigenvalue weighted by molar-refractivity contribution is 6.26. The van der Waals surface area contributed by atoms with Crippen molar-refractivity contribution in [3.8, 4) is 11.1 Å². The van der Waals surface area contributed by atoms with Crippen molar-refractivity contribution < 1.29 is 4.57 Å². The molecule has 0 aliphatic carbocycles. The fourth-order valence-electron chi connectivity index (χ4n) is 7.57. The summed E-state index contributed by atoms with van der Waals surface area (Å²) in [6.07, 6.45) is 2.02. The Hall–Kier alpha value is -3.98. The molecule has 0 aliphatic heterocycles. The molecule has 0 saturated carbocycles. The molecule has 44 heavy (non-hydrogen) atoms. The van der Waals surface area contributed by atoms with Gasteiger partial charge in [-0.3, -0.25) is 0 Å². The highest BCUT2D eigenvalue weighted by Crippen LogP contribution is 2.45. The zero-order valence-corrected chi connectivity index (χ0v) is 28.3. The molecule has 0 aliphatic rings. The number of benzene rings is 4. The first-order chi connectivity index (χ1) is 20.9. The van der Waals surface area contributed by atoms with Crippen LogP contribution >= 0.6 is 0 Å². The van der Waals surface area contributed by atoms with Crippen LogP contribution in [0.3, 0.4) is 0 Å². The third kappa shape index (κ3) is 4.01. The minimum absolute atomic E-state index is 0.407. The smallest absolute Gasteiger partial charge is 0.287 e. The highest BCUT2D eigenvalue weighted by atomic mass is 15.0. The number of fused-ring (bicyclic) bond motifs is 5. The van der Waals surface area contributed by atoms with E-state index in [2.05, 4.69) is 134 Å². The first-order valence-corrected chi connectivity index (χ1v) is 16.5. The van der Waals surface area contributed by atoms with Gasteiger partial charge in [-0.05, 0) is 111 Å². The maximum absolute atomic E-state index is 5.11. The minimum Gasteiger partial charge on any atom is -0.307 e. The Balaban J connectivity index is 1.75. The van der Waals surface area contributed by atoms with E-state index in [9.17, 15) is 0 Å². The molecule has 3 heterocycles. The molecule has 3 heteroatoms. The van der Waals surface area contributed by atoms with E-state index in [4.69, 9.17) is 4.98 Å². The molecule has 0 fully saturated rings. The molecule has 0 spiro atoms. The Bertz CT molecular complexity index is 2230. The molecule has 224 valence electrons. The Labute approximate surface area is 261 Å². The fourth-order valence-corrected chi connectivity index (χ4v) is 7.57. The van der Waals surface area contributed by atoms with Gasteiger partial charge in [0.1, 0.15) is 5.52 Å². The van der Waals surface area contributed by atoms with E-state index in [-0.39, 0.29) is 0 Å². The van der Waals surface area contributed by atoms with Crippen LogP contribution in [0.2, 0.25) is 0 Å². The molecule has 3 aromatic heterocycles. The van der Waals surface area contributed by atoms with E-state index in [1.54, 1.807) is 0 Å². The Morgan fingerprint density at radius 2 is 1.32 bits per heavy atom. The van der Waals surface area contributed by atoms with Crippen molar-refractivity contribution in [1.29, 1.82) is 0 Å². The van der Waals surface area contributed by atoms with E-state index >= 15 is 0 Å². The molecule has 0 N–H and O–H groups in total. The number of hydrogen-bond acceptors (Lipinski definition) is 1. The third-order valence-corrected chi connectivity index (χ3v) is 10.2. The van der Waals surface area contributed by atoms with E-state index < -0.39 is 0 Å². The molecular weight excluding hydrogens is 534 g/mol. The van der Waals surface area contributed by atoms with Gasteiger partial charge >= 0.3 is 0 Å². The van der Waals surface area contributed by atoms with E-state index in [1.807, 2.05) is 6.33 Å². The predicted octanol–water partition coefficient (Wildman–Crippen LogP) is 11.0. The van der Waals surface area contributed by atoms with Gasteiger partial charge in [0.05, 0.1) is 34.4 Å². The Morgan fingerprint density at radius 1 is 0.659 bits per heavy atom. The first-order valence-electron chi connectivity index (χ1n) is 16.5. The Morgan fingerprint density at radius 3 is 1.93 bits per heavy atom. The lowest BCUT2D eigenvalue weighted by atomic mass is 9.81. The maximum Gasteiger partial charge on any atom is 0.287 e. The standard InChI is InChI=1S/C41H46N3/c1-21(2)27-12-13-30-33-14-25(9)26(10)37-40(33)44(35(30)18-27)36-19-29(17-34-39(36)41(37)43(11)20-42-34)38-31(23(5)6)15-28(22(3)4)16-32(38)24(7)8/h12-24H,1-11H3/q+1. The number of aryl methyl sites for hydroxylation is 3. The van der Waals surface area contributed by atoms with Crippen LogP contribution in [0.15, 0.2) is 54.9 Å². The summed E-state index contributed by atoms with van der Waals surface area (Å²) in [5.41, 5.74) is 17.2. The van der Waals surface area contributed by atoms with Gasteiger partial charge in [-0.15, -0.1) is 0 Å². The van der Waals surface area contributed by atoms with Gasteiger partial charge in [0.15, 0.2) is 5.52 Å². The van der Waals surface area contributed by atoms with Gasteiger partial charge in [-0.2, -0.15) is 0 Å². The topological polar surface area (TPSA) is 21.2 Å². The van der Waals surface area contributed by atoms with Gasteiger partial charge in [0.2, 0.25) is 0 Å². The monoisotopic (exact) mass is 580 g/mol. The van der Waals surface area contributed by atoms with Crippen molar-refractivity contribution in [1.82, 2.24) is 9.38 Å². The summed E-state index contributed by atoms with van der Waals surface area (Å²) >= 11 is 0. The van der Waals surface area contributed by atoms with Crippen molar-refractivity contribution in [2.75, 3.05) is 0 Å². The van der Waals surface area contributed by atoms with Crippen LogP contribution in [0, 0.1) is 13.8 Å². The maximum atomic E-state index is 5.11. The van der Waals surface area contributed by atoms with Crippen LogP contribution in [0.4, 0.5) is 0 Å². The van der Waals surface area contributed by atoms with Crippen molar-refractivity contribution in [3.63, 3.8) is 0 Å². The van der Waals surface area contributed by atoms with E-state index in [1.165, 1.54) is 88.1 Å². The van der Waals surface area contributed by atoms with Gasteiger partial charge in [-0.1, -0.05) is 79.7 Å². The molecule has 3 nitrogen and oxygen atoms in total. The fraction of sp³-hybridized carbons (Fsp3) is 0.366. The summed E-state index contributed by atoms with van der Waals surface area (Å²) in [5.74, 6) is 1.75. The summed E-state index contributed by atoms with van der Waals surface area (Å²) in [7, 11) is 2.15. The molecule has 0 unspecified atom stereocenters. The van der Waals surface area contributed by atoms with Crippen LogP contribution in [0.25, 0.3) is 60.3 Å². The van der Waals surface area contributed by atoms with Crippen LogP contribution in [0.5, 0.6) is 0 Å². The average molecular weight is 581 g/mol. The summed E-state index contributed by atoms with van der Waals surface area (Å²) in [6, 6.07) is 19.3. The minimum atomic E-state index is 0.407. The number of rotatable bonds is 5. The second-order valence-corrected chi connectivity index (χ2v) is 14.5. The number of nitrogens with zero attached hydrogens (tertiary/aromatic N) is 3. The summed E-state index contributed by atoms with van der Waals surface area (Å²) < 4.78 is 4.81. The number of pyridine rings is 1. The quantitative estimate of drug-likeness (QED) is 0.113. The van der Waals surface area contributed by atoms with Crippen LogP contribution in [0.1, 0.15) is 112 Å². The molecule has 4 aromatic carbocycles. The second-order valence-electron chi connectivity index (χ2n) is 14.5. The lowest BCUT2D eigenvalue weighted by Gasteiger charge is -2.24. The molecule has 7 rings (SSSR count). The highest BCUT2D eigenvalue weighted by Gasteiger charge is 2.27. The molecule has 0 saturated heterocycles. The van der Waals surface area contributed by atoms with Crippen molar-refractivity contribution in [2.24, 2.45) is 7.05 Å². The molecular formula is C41H46N3+.